The van der Waals surface area contributed by atoms with Gasteiger partial charge in [0, 0.05) is 26.7 Å². The van der Waals surface area contributed by atoms with Gasteiger partial charge in [0.2, 0.25) is 5.91 Å². The minimum absolute atomic E-state index is 0.164. The third-order valence-electron chi connectivity index (χ3n) is 2.88. The number of hydrogen-bond acceptors (Lipinski definition) is 3. The molecular weight excluding hydrogens is 192 g/mol. The Morgan fingerprint density at radius 3 is 2.87 bits per heavy atom. The Balaban J connectivity index is 2.22. The fourth-order valence-electron chi connectivity index (χ4n) is 1.79. The van der Waals surface area contributed by atoms with Gasteiger partial charge < -0.3 is 10.0 Å². The topological polar surface area (TPSA) is 43.8 Å². The van der Waals surface area contributed by atoms with Crippen LogP contribution >= 0.6 is 0 Å². The third kappa shape index (κ3) is 4.18. The lowest BCUT2D eigenvalue weighted by Gasteiger charge is -2.21. The van der Waals surface area contributed by atoms with Gasteiger partial charge in [-0.1, -0.05) is 13.3 Å². The molecule has 15 heavy (non-hydrogen) atoms. The van der Waals surface area contributed by atoms with Crippen molar-refractivity contribution in [2.45, 2.75) is 32.3 Å². The summed E-state index contributed by atoms with van der Waals surface area (Å²) in [5.74, 6) is 0.164. The molecule has 0 aromatic carbocycles. The molecule has 1 N–H and O–H groups in total. The van der Waals surface area contributed by atoms with E-state index in [1.54, 1.807) is 4.90 Å². The van der Waals surface area contributed by atoms with Crippen LogP contribution in [0.5, 0.6) is 0 Å². The van der Waals surface area contributed by atoms with E-state index in [4.69, 9.17) is 0 Å². The van der Waals surface area contributed by atoms with Crippen molar-refractivity contribution in [2.75, 3.05) is 33.2 Å². The van der Waals surface area contributed by atoms with Gasteiger partial charge in [-0.25, -0.2) is 0 Å². The molecule has 0 spiro atoms. The van der Waals surface area contributed by atoms with Crippen molar-refractivity contribution < 1.29 is 9.90 Å². The van der Waals surface area contributed by atoms with Crippen LogP contribution < -0.4 is 0 Å². The van der Waals surface area contributed by atoms with Gasteiger partial charge in [0.1, 0.15) is 0 Å². The number of aliphatic hydroxyl groups excluding tert-OH is 1. The zero-order valence-corrected chi connectivity index (χ0v) is 9.78. The summed E-state index contributed by atoms with van der Waals surface area (Å²) in [6.45, 7) is 4.90. The molecular formula is C11H22N2O2. The molecule has 1 atom stereocenters. The van der Waals surface area contributed by atoms with Crippen LogP contribution in [0.1, 0.15) is 26.2 Å². The van der Waals surface area contributed by atoms with E-state index in [1.807, 2.05) is 11.9 Å². The zero-order chi connectivity index (χ0) is 11.3. The van der Waals surface area contributed by atoms with Crippen LogP contribution in [0.4, 0.5) is 0 Å². The molecule has 1 heterocycles. The van der Waals surface area contributed by atoms with Gasteiger partial charge in [-0.05, 0) is 12.8 Å². The van der Waals surface area contributed by atoms with E-state index < -0.39 is 0 Å². The number of β-amino-alcohol motifs (C(OH)–C–C–N with tert-alkyl or cyclic N) is 1. The number of nitrogens with zero attached hydrogens (tertiary/aromatic N) is 2. The highest BCUT2D eigenvalue weighted by Crippen LogP contribution is 2.08. The van der Waals surface area contributed by atoms with E-state index in [1.165, 1.54) is 0 Å². The number of likely N-dealkylation sites (tertiary alicyclic amines) is 1. The first kappa shape index (κ1) is 12.5. The molecule has 4 heteroatoms. The van der Waals surface area contributed by atoms with Gasteiger partial charge in [-0.3, -0.25) is 9.69 Å². The molecule has 0 unspecified atom stereocenters. The Bertz CT molecular complexity index is 209. The van der Waals surface area contributed by atoms with Crippen LogP contribution in [0, 0.1) is 0 Å². The van der Waals surface area contributed by atoms with Crippen molar-refractivity contribution in [1.82, 2.24) is 9.80 Å². The number of unbranched alkanes of at least 4 members (excludes halogenated alkanes) is 1. The highest BCUT2D eigenvalue weighted by atomic mass is 16.3. The Labute approximate surface area is 91.9 Å². The summed E-state index contributed by atoms with van der Waals surface area (Å²) in [4.78, 5) is 15.5. The van der Waals surface area contributed by atoms with E-state index in [0.717, 1.165) is 32.4 Å². The summed E-state index contributed by atoms with van der Waals surface area (Å²) < 4.78 is 0. The number of carbonyl (C=O) groups is 1. The summed E-state index contributed by atoms with van der Waals surface area (Å²) in [7, 11) is 1.85. The van der Waals surface area contributed by atoms with Crippen LogP contribution in [-0.4, -0.2) is 60.1 Å². The second-order valence-corrected chi connectivity index (χ2v) is 4.35. The summed E-state index contributed by atoms with van der Waals surface area (Å²) in [5, 5.41) is 9.33. The molecule has 1 rings (SSSR count). The SMILES string of the molecule is CCCCN(C)C(=O)CN1CC[C@@H](O)C1. The van der Waals surface area contributed by atoms with Crippen molar-refractivity contribution in [2.24, 2.45) is 0 Å². The van der Waals surface area contributed by atoms with Crippen LogP contribution in [0.3, 0.4) is 0 Å². The predicted molar refractivity (Wildman–Crippen MR) is 59.6 cm³/mol. The summed E-state index contributed by atoms with van der Waals surface area (Å²) in [5.41, 5.74) is 0. The van der Waals surface area contributed by atoms with Crippen molar-refractivity contribution in [3.63, 3.8) is 0 Å². The molecule has 1 aliphatic rings. The van der Waals surface area contributed by atoms with Gasteiger partial charge in [-0.15, -0.1) is 0 Å². The lowest BCUT2D eigenvalue weighted by atomic mass is 10.3. The van der Waals surface area contributed by atoms with Gasteiger partial charge in [0.05, 0.1) is 12.6 Å². The molecule has 1 fully saturated rings. The largest absolute Gasteiger partial charge is 0.392 e. The Morgan fingerprint density at radius 1 is 1.60 bits per heavy atom. The molecule has 0 radical (unpaired) electrons. The summed E-state index contributed by atoms with van der Waals surface area (Å²) in [6.07, 6.45) is 2.73. The Hall–Kier alpha value is -0.610. The van der Waals surface area contributed by atoms with Crippen molar-refractivity contribution in [3.8, 4) is 0 Å². The highest BCUT2D eigenvalue weighted by molar-refractivity contribution is 5.78. The standard InChI is InChI=1S/C11H22N2O2/c1-3-4-6-12(2)11(15)9-13-7-5-10(14)8-13/h10,14H,3-9H2,1-2H3/t10-/m1/s1. The quantitative estimate of drug-likeness (QED) is 0.716. The third-order valence-corrected chi connectivity index (χ3v) is 2.88. The molecule has 1 saturated heterocycles. The van der Waals surface area contributed by atoms with Crippen molar-refractivity contribution in [3.05, 3.63) is 0 Å². The molecule has 4 nitrogen and oxygen atoms in total. The number of likely N-dealkylation sites (N-methyl/N-ethyl adjacent to an activating group) is 1. The monoisotopic (exact) mass is 214 g/mol. The fourth-order valence-corrected chi connectivity index (χ4v) is 1.79. The first-order chi connectivity index (χ1) is 7.13. The highest BCUT2D eigenvalue weighted by Gasteiger charge is 2.22. The molecule has 0 aromatic rings. The van der Waals surface area contributed by atoms with Gasteiger partial charge in [0.25, 0.3) is 0 Å². The molecule has 1 amide bonds. The number of amides is 1. The number of carbonyl (C=O) groups excluding carboxylic acids is 1. The molecule has 0 saturated carbocycles. The van der Waals surface area contributed by atoms with Crippen molar-refractivity contribution >= 4 is 5.91 Å². The first-order valence-electron chi connectivity index (χ1n) is 5.78. The fraction of sp³-hybridized carbons (Fsp3) is 0.909. The lowest BCUT2D eigenvalue weighted by molar-refractivity contribution is -0.131. The van der Waals surface area contributed by atoms with Crippen LogP contribution in [0.2, 0.25) is 0 Å². The second kappa shape index (κ2) is 6.08. The normalized spacial score (nSPS) is 21.9. The van der Waals surface area contributed by atoms with Gasteiger partial charge in [-0.2, -0.15) is 0 Å². The van der Waals surface area contributed by atoms with E-state index in [0.29, 0.717) is 13.1 Å². The van der Waals surface area contributed by atoms with Crippen molar-refractivity contribution in [1.29, 1.82) is 0 Å². The lowest BCUT2D eigenvalue weighted by Crippen LogP contribution is -2.38. The van der Waals surface area contributed by atoms with E-state index in [-0.39, 0.29) is 12.0 Å². The molecule has 0 aromatic heterocycles. The molecule has 88 valence electrons. The van der Waals surface area contributed by atoms with Crippen LogP contribution in [0.15, 0.2) is 0 Å². The molecule has 0 aliphatic carbocycles. The maximum Gasteiger partial charge on any atom is 0.236 e. The predicted octanol–water partition coefficient (Wildman–Crippen LogP) is 0.311. The Morgan fingerprint density at radius 2 is 2.33 bits per heavy atom. The van der Waals surface area contributed by atoms with Gasteiger partial charge >= 0.3 is 0 Å². The average molecular weight is 214 g/mol. The second-order valence-electron chi connectivity index (χ2n) is 4.35. The van der Waals surface area contributed by atoms with E-state index in [9.17, 15) is 9.90 Å². The maximum absolute atomic E-state index is 11.7. The molecule has 0 bridgehead atoms. The number of aliphatic hydroxyl groups is 1. The smallest absolute Gasteiger partial charge is 0.236 e. The maximum atomic E-state index is 11.7. The first-order valence-corrected chi connectivity index (χ1v) is 5.78. The summed E-state index contributed by atoms with van der Waals surface area (Å²) in [6, 6.07) is 0. The van der Waals surface area contributed by atoms with E-state index in [2.05, 4.69) is 6.92 Å². The van der Waals surface area contributed by atoms with E-state index >= 15 is 0 Å². The summed E-state index contributed by atoms with van der Waals surface area (Å²) >= 11 is 0. The van der Waals surface area contributed by atoms with Crippen LogP contribution in [-0.2, 0) is 4.79 Å². The number of hydrogen-bond donors (Lipinski definition) is 1. The number of rotatable bonds is 5. The van der Waals surface area contributed by atoms with Gasteiger partial charge in [0.15, 0.2) is 0 Å². The van der Waals surface area contributed by atoms with Crippen LogP contribution in [0.25, 0.3) is 0 Å². The minimum atomic E-state index is -0.237. The Kier molecular flexibility index (Phi) is 5.05. The zero-order valence-electron chi connectivity index (χ0n) is 9.78. The average Bonchev–Trinajstić information content (AvgIpc) is 2.60. The minimum Gasteiger partial charge on any atom is -0.392 e. The molecule has 1 aliphatic heterocycles.